The summed E-state index contributed by atoms with van der Waals surface area (Å²) in [6, 6.07) is 5.28. The van der Waals surface area contributed by atoms with Crippen LogP contribution in [0.1, 0.15) is 6.42 Å². The van der Waals surface area contributed by atoms with Crippen molar-refractivity contribution in [3.05, 3.63) is 28.2 Å². The molecule has 0 aromatic heterocycles. The zero-order valence-electron chi connectivity index (χ0n) is 7.80. The quantitative estimate of drug-likeness (QED) is 0.815. The maximum Gasteiger partial charge on any atom is 0.308 e. The van der Waals surface area contributed by atoms with Crippen molar-refractivity contribution in [2.45, 2.75) is 12.5 Å². The Morgan fingerprint density at radius 3 is 2.73 bits per heavy atom. The molecule has 0 saturated carbocycles. The van der Waals surface area contributed by atoms with Gasteiger partial charge in [0.05, 0.1) is 22.5 Å². The number of carbonyl (C=O) groups excluding carboxylic acids is 1. The van der Waals surface area contributed by atoms with Crippen molar-refractivity contribution in [2.24, 2.45) is 0 Å². The first-order valence-corrected chi connectivity index (χ1v) is 5.28. The van der Waals surface area contributed by atoms with Gasteiger partial charge in [0.2, 0.25) is 0 Å². The van der Waals surface area contributed by atoms with E-state index in [0.29, 0.717) is 23.1 Å². The van der Waals surface area contributed by atoms with Crippen LogP contribution in [0.4, 0.5) is 5.69 Å². The highest BCUT2D eigenvalue weighted by Crippen LogP contribution is 2.26. The Labute approximate surface area is 97.3 Å². The largest absolute Gasteiger partial charge is 0.463 e. The number of anilines is 1. The van der Waals surface area contributed by atoms with Crippen LogP contribution in [0.15, 0.2) is 18.2 Å². The minimum absolute atomic E-state index is 0.0229. The molecule has 1 saturated heterocycles. The summed E-state index contributed by atoms with van der Waals surface area (Å²) < 4.78 is 4.83. The third-order valence-corrected chi connectivity index (χ3v) is 2.89. The molecule has 3 nitrogen and oxygen atoms in total. The van der Waals surface area contributed by atoms with Crippen molar-refractivity contribution in [1.82, 2.24) is 0 Å². The second kappa shape index (κ2) is 4.29. The Morgan fingerprint density at radius 1 is 1.33 bits per heavy atom. The van der Waals surface area contributed by atoms with Gasteiger partial charge in [0.1, 0.15) is 6.61 Å². The first kappa shape index (κ1) is 10.6. The van der Waals surface area contributed by atoms with Crippen molar-refractivity contribution in [3.8, 4) is 0 Å². The van der Waals surface area contributed by atoms with Crippen LogP contribution in [-0.2, 0) is 9.53 Å². The van der Waals surface area contributed by atoms with E-state index in [9.17, 15) is 4.79 Å². The highest BCUT2D eigenvalue weighted by atomic mass is 35.5. The van der Waals surface area contributed by atoms with E-state index < -0.39 is 0 Å². The van der Waals surface area contributed by atoms with Gasteiger partial charge in [-0.05, 0) is 18.2 Å². The van der Waals surface area contributed by atoms with E-state index in [4.69, 9.17) is 27.9 Å². The summed E-state index contributed by atoms with van der Waals surface area (Å²) in [6.07, 6.45) is 0.389. The molecule has 0 spiro atoms. The minimum Gasteiger partial charge on any atom is -0.463 e. The van der Waals surface area contributed by atoms with Crippen molar-refractivity contribution in [2.75, 3.05) is 11.9 Å². The average molecular weight is 246 g/mol. The number of carbonyl (C=O) groups is 1. The minimum atomic E-state index is -0.174. The van der Waals surface area contributed by atoms with Gasteiger partial charge in [0, 0.05) is 5.69 Å². The number of ether oxygens (including phenoxy) is 1. The highest BCUT2D eigenvalue weighted by molar-refractivity contribution is 6.42. The van der Waals surface area contributed by atoms with Crippen LogP contribution < -0.4 is 5.32 Å². The Bertz CT molecular complexity index is 395. The first-order valence-electron chi connectivity index (χ1n) is 4.52. The third kappa shape index (κ3) is 2.55. The normalized spacial score (nSPS) is 20.1. The smallest absolute Gasteiger partial charge is 0.308 e. The second-order valence-electron chi connectivity index (χ2n) is 3.36. The first-order chi connectivity index (χ1) is 7.15. The molecule has 1 unspecified atom stereocenters. The second-order valence-corrected chi connectivity index (χ2v) is 4.17. The van der Waals surface area contributed by atoms with Crippen LogP contribution in [-0.4, -0.2) is 18.6 Å². The molecule has 1 aliphatic rings. The average Bonchev–Trinajstić information content (AvgIpc) is 2.58. The van der Waals surface area contributed by atoms with E-state index in [1.165, 1.54) is 0 Å². The number of nitrogens with one attached hydrogen (secondary N) is 1. The molecule has 0 radical (unpaired) electrons. The van der Waals surface area contributed by atoms with Gasteiger partial charge in [-0.2, -0.15) is 0 Å². The molecule has 15 heavy (non-hydrogen) atoms. The summed E-state index contributed by atoms with van der Waals surface area (Å²) >= 11 is 11.6. The molecule has 1 N–H and O–H groups in total. The van der Waals surface area contributed by atoms with Crippen molar-refractivity contribution in [3.63, 3.8) is 0 Å². The van der Waals surface area contributed by atoms with Crippen LogP contribution in [0.25, 0.3) is 0 Å². The fourth-order valence-electron chi connectivity index (χ4n) is 1.43. The lowest BCUT2D eigenvalue weighted by Crippen LogP contribution is -2.18. The lowest BCUT2D eigenvalue weighted by molar-refractivity contribution is -0.137. The topological polar surface area (TPSA) is 38.3 Å². The Morgan fingerprint density at radius 2 is 2.13 bits per heavy atom. The van der Waals surface area contributed by atoms with Crippen molar-refractivity contribution in [1.29, 1.82) is 0 Å². The summed E-state index contributed by atoms with van der Waals surface area (Å²) in [5.74, 6) is -0.174. The van der Waals surface area contributed by atoms with Gasteiger partial charge in [-0.1, -0.05) is 23.2 Å². The van der Waals surface area contributed by atoms with E-state index in [0.717, 1.165) is 5.69 Å². The van der Waals surface area contributed by atoms with Crippen molar-refractivity contribution >= 4 is 34.9 Å². The number of rotatable bonds is 2. The summed E-state index contributed by atoms with van der Waals surface area (Å²) in [5.41, 5.74) is 0.840. The highest BCUT2D eigenvalue weighted by Gasteiger charge is 2.23. The molecule has 1 heterocycles. The molecule has 1 atom stereocenters. The standard InChI is InChI=1S/C10H9Cl2NO2/c11-8-2-1-6(3-9(8)12)13-7-4-10(14)15-5-7/h1-3,7,13H,4-5H2. The molecule has 5 heteroatoms. The third-order valence-electron chi connectivity index (χ3n) is 2.15. The number of benzene rings is 1. The molecule has 1 fully saturated rings. The van der Waals surface area contributed by atoms with E-state index in [2.05, 4.69) is 5.32 Å². The molecule has 1 aromatic rings. The van der Waals surface area contributed by atoms with Crippen LogP contribution in [0, 0.1) is 0 Å². The number of hydrogen-bond acceptors (Lipinski definition) is 3. The van der Waals surface area contributed by atoms with Gasteiger partial charge in [0.25, 0.3) is 0 Å². The molecule has 0 bridgehead atoms. The lowest BCUT2D eigenvalue weighted by atomic mass is 10.2. The van der Waals surface area contributed by atoms with Gasteiger partial charge in [-0.15, -0.1) is 0 Å². The predicted molar refractivity (Wildman–Crippen MR) is 59.4 cm³/mol. The Kier molecular flexibility index (Phi) is 3.03. The maximum absolute atomic E-state index is 10.9. The molecule has 1 aromatic carbocycles. The van der Waals surface area contributed by atoms with Crippen LogP contribution in [0.5, 0.6) is 0 Å². The van der Waals surface area contributed by atoms with E-state index in [1.807, 2.05) is 6.07 Å². The molecule has 1 aliphatic heterocycles. The zero-order valence-corrected chi connectivity index (χ0v) is 9.31. The summed E-state index contributed by atoms with van der Waals surface area (Å²) in [6.45, 7) is 0.402. The van der Waals surface area contributed by atoms with Gasteiger partial charge in [0.15, 0.2) is 0 Å². The van der Waals surface area contributed by atoms with Gasteiger partial charge < -0.3 is 10.1 Å². The molecule has 0 amide bonds. The number of cyclic esters (lactones) is 1. The maximum atomic E-state index is 10.9. The number of hydrogen-bond donors (Lipinski definition) is 1. The summed E-state index contributed by atoms with van der Waals surface area (Å²) in [7, 11) is 0. The molecule has 2 rings (SSSR count). The van der Waals surface area contributed by atoms with E-state index >= 15 is 0 Å². The van der Waals surface area contributed by atoms with Crippen molar-refractivity contribution < 1.29 is 9.53 Å². The van der Waals surface area contributed by atoms with Crippen LogP contribution in [0.3, 0.4) is 0 Å². The monoisotopic (exact) mass is 245 g/mol. The molecular weight excluding hydrogens is 237 g/mol. The Balaban J connectivity index is 2.05. The molecule has 80 valence electrons. The lowest BCUT2D eigenvalue weighted by Gasteiger charge is -2.11. The number of halogens is 2. The van der Waals surface area contributed by atoms with Gasteiger partial charge in [-0.25, -0.2) is 0 Å². The van der Waals surface area contributed by atoms with E-state index in [1.54, 1.807) is 12.1 Å². The van der Waals surface area contributed by atoms with Gasteiger partial charge >= 0.3 is 5.97 Å². The Hall–Kier alpha value is -0.930. The number of esters is 1. The van der Waals surface area contributed by atoms with E-state index in [-0.39, 0.29) is 12.0 Å². The SMILES string of the molecule is O=C1CC(Nc2ccc(Cl)c(Cl)c2)CO1. The van der Waals surface area contributed by atoms with Crippen LogP contribution in [0.2, 0.25) is 10.0 Å². The summed E-state index contributed by atoms with van der Waals surface area (Å²) in [5, 5.41) is 4.16. The fourth-order valence-corrected chi connectivity index (χ4v) is 1.72. The zero-order chi connectivity index (χ0) is 10.8. The fraction of sp³-hybridized carbons (Fsp3) is 0.300. The summed E-state index contributed by atoms with van der Waals surface area (Å²) in [4.78, 5) is 10.9. The van der Waals surface area contributed by atoms with Gasteiger partial charge in [-0.3, -0.25) is 4.79 Å². The van der Waals surface area contributed by atoms with Crippen LogP contribution >= 0.6 is 23.2 Å². The predicted octanol–water partition coefficient (Wildman–Crippen LogP) is 2.72. The molecular formula is C10H9Cl2NO2. The molecule has 0 aliphatic carbocycles.